The number of anilines is 3. The number of nitrogens with two attached hydrogens (primary N) is 1. The summed E-state index contributed by atoms with van der Waals surface area (Å²) in [5.74, 6) is 1.40. The van der Waals surface area contributed by atoms with Gasteiger partial charge in [0, 0.05) is 43.1 Å². The molecule has 14 nitrogen and oxygen atoms in total. The maximum atomic E-state index is 11.2. The summed E-state index contributed by atoms with van der Waals surface area (Å²) in [5, 5.41) is 10.5. The van der Waals surface area contributed by atoms with Gasteiger partial charge in [0.1, 0.15) is 0 Å². The van der Waals surface area contributed by atoms with Gasteiger partial charge in [0.2, 0.25) is 17.8 Å². The molecule has 0 amide bonds. The Hall–Kier alpha value is -3.82. The fourth-order valence-electron chi connectivity index (χ4n) is 4.52. The van der Waals surface area contributed by atoms with Crippen molar-refractivity contribution in [2.45, 2.75) is 37.8 Å². The zero-order valence-electron chi connectivity index (χ0n) is 24.3. The van der Waals surface area contributed by atoms with Crippen LogP contribution < -0.4 is 26.7 Å². The molecule has 2 aliphatic rings. The molecule has 0 bridgehead atoms. The fourth-order valence-corrected chi connectivity index (χ4v) is 4.52. The van der Waals surface area contributed by atoms with Gasteiger partial charge in [-0.1, -0.05) is 0 Å². The number of piperidine rings is 2. The highest BCUT2D eigenvalue weighted by Gasteiger charge is 2.19. The third kappa shape index (κ3) is 10.2. The maximum absolute atomic E-state index is 11.2. The number of aromatic amines is 1. The van der Waals surface area contributed by atoms with Crippen molar-refractivity contribution < 1.29 is 4.74 Å². The highest BCUT2D eigenvalue weighted by atomic mass is 79.9. The highest BCUT2D eigenvalue weighted by Crippen LogP contribution is 2.23. The van der Waals surface area contributed by atoms with Gasteiger partial charge in [-0.3, -0.25) is 19.5 Å². The molecule has 0 unspecified atom stereocenters. The molecule has 5 heterocycles. The molecule has 0 saturated carbocycles. The Morgan fingerprint density at radius 3 is 2.45 bits per heavy atom. The topological polar surface area (TPSA) is 168 Å². The smallest absolute Gasteiger partial charge is 0.252 e. The van der Waals surface area contributed by atoms with E-state index in [-0.39, 0.29) is 22.5 Å². The molecule has 5 rings (SSSR count). The Balaban J connectivity index is 0.000000225. The summed E-state index contributed by atoms with van der Waals surface area (Å²) < 4.78 is 7.12. The Morgan fingerprint density at radius 1 is 1.10 bits per heavy atom. The van der Waals surface area contributed by atoms with Crippen LogP contribution >= 0.6 is 17.0 Å². The van der Waals surface area contributed by atoms with Gasteiger partial charge in [-0.2, -0.15) is 10.1 Å². The number of aromatic nitrogens is 6. The van der Waals surface area contributed by atoms with Crippen molar-refractivity contribution in [3.8, 4) is 5.88 Å². The number of aliphatic imine (C=N–C) groups is 1. The molecule has 0 aromatic carbocycles. The molecule has 0 aliphatic carbocycles. The van der Waals surface area contributed by atoms with Crippen molar-refractivity contribution in [3.05, 3.63) is 59.2 Å². The summed E-state index contributed by atoms with van der Waals surface area (Å²) in [7, 11) is 5.86. The summed E-state index contributed by atoms with van der Waals surface area (Å²) in [5.41, 5.74) is 6.84. The van der Waals surface area contributed by atoms with Crippen LogP contribution in [0, 0.1) is 0 Å². The number of halogens is 1. The van der Waals surface area contributed by atoms with Crippen molar-refractivity contribution in [2.75, 3.05) is 58.0 Å². The Kier molecular flexibility index (Phi) is 12.9. The lowest BCUT2D eigenvalue weighted by atomic mass is 10.1. The van der Waals surface area contributed by atoms with Gasteiger partial charge in [-0.25, -0.2) is 9.97 Å². The predicted octanol–water partition coefficient (Wildman–Crippen LogP) is 2.42. The summed E-state index contributed by atoms with van der Waals surface area (Å²) in [4.78, 5) is 35.3. The molecule has 15 heteroatoms. The Morgan fingerprint density at radius 2 is 1.79 bits per heavy atom. The van der Waals surface area contributed by atoms with Gasteiger partial charge in [0.25, 0.3) is 5.56 Å². The summed E-state index contributed by atoms with van der Waals surface area (Å²) in [6, 6.07) is 3.87. The molecule has 2 aliphatic heterocycles. The number of methoxy groups -OCH3 is 1. The normalized spacial score (nSPS) is 17.3. The van der Waals surface area contributed by atoms with E-state index >= 15 is 0 Å². The molecule has 3 aromatic heterocycles. The van der Waals surface area contributed by atoms with E-state index in [4.69, 9.17) is 10.5 Å². The molecule has 0 spiro atoms. The third-order valence-electron chi connectivity index (χ3n) is 6.98. The van der Waals surface area contributed by atoms with E-state index in [0.717, 1.165) is 57.5 Å². The van der Waals surface area contributed by atoms with Crippen LogP contribution in [0.3, 0.4) is 0 Å². The minimum Gasteiger partial charge on any atom is -0.481 e. The van der Waals surface area contributed by atoms with Gasteiger partial charge in [0.05, 0.1) is 36.8 Å². The van der Waals surface area contributed by atoms with Crippen molar-refractivity contribution >= 4 is 40.8 Å². The number of nitrogens with one attached hydrogen (secondary N) is 3. The Labute approximate surface area is 256 Å². The van der Waals surface area contributed by atoms with Crippen molar-refractivity contribution in [2.24, 2.45) is 10.7 Å². The summed E-state index contributed by atoms with van der Waals surface area (Å²) >= 11 is 0. The minimum absolute atomic E-state index is 0. The van der Waals surface area contributed by atoms with Gasteiger partial charge in [-0.15, -0.1) is 17.0 Å². The van der Waals surface area contributed by atoms with Crippen LogP contribution in [-0.4, -0.2) is 99.2 Å². The molecule has 42 heavy (non-hydrogen) atoms. The second kappa shape index (κ2) is 16.6. The number of rotatable bonds is 8. The van der Waals surface area contributed by atoms with Crippen molar-refractivity contribution in [1.29, 1.82) is 0 Å². The number of allylic oxidation sites excluding steroid dienone is 1. The van der Waals surface area contributed by atoms with Gasteiger partial charge in [0.15, 0.2) is 0 Å². The van der Waals surface area contributed by atoms with E-state index < -0.39 is 0 Å². The summed E-state index contributed by atoms with van der Waals surface area (Å²) in [6.45, 7) is 4.36. The lowest BCUT2D eigenvalue weighted by Crippen LogP contribution is -2.32. The van der Waals surface area contributed by atoms with E-state index in [1.54, 1.807) is 31.8 Å². The molecule has 5 N–H and O–H groups in total. The second-order valence-corrected chi connectivity index (χ2v) is 10.1. The second-order valence-electron chi connectivity index (χ2n) is 10.1. The first-order valence-electron chi connectivity index (χ1n) is 13.7. The van der Waals surface area contributed by atoms with Crippen molar-refractivity contribution in [1.82, 2.24) is 39.5 Å². The fraction of sp³-hybridized carbons (Fsp3) is 0.481. The Bertz CT molecular complexity index is 1340. The minimum atomic E-state index is -0.217. The monoisotopic (exact) mass is 644 g/mol. The highest BCUT2D eigenvalue weighted by molar-refractivity contribution is 8.93. The molecule has 228 valence electrons. The first-order chi connectivity index (χ1) is 19.9. The number of ether oxygens (including phenoxy) is 1. The number of nitrogens with zero attached hydrogens (tertiary/aromatic N) is 8. The van der Waals surface area contributed by atoms with Crippen LogP contribution in [0.1, 0.15) is 31.7 Å². The largest absolute Gasteiger partial charge is 0.481 e. The standard InChI is InChI=1S/C14H20N6O.C13H20N6O.BrH/c1-19-7-4-12(5-8-19)20-10-11(9-16-20)17-14-15-6-3-13(18-14)21-2;1-19-6-3-10(4-7-19)16-9-11(8-14)17-13-15-5-2-12(20)18-13;/h3,6,9-10,12H,4-5,7-8H2,1-2H3,(H,15,17,18);2,5,8-10H,3-4,6-7,14H2,1H3,(H2,15,17,18,20);1H. The quantitative estimate of drug-likeness (QED) is 0.266. The molecule has 3 aromatic rings. The maximum Gasteiger partial charge on any atom is 0.252 e. The van der Waals surface area contributed by atoms with Crippen LogP contribution in [-0.2, 0) is 0 Å². The van der Waals surface area contributed by atoms with E-state index in [0.29, 0.717) is 35.6 Å². The van der Waals surface area contributed by atoms with E-state index in [9.17, 15) is 4.79 Å². The lowest BCUT2D eigenvalue weighted by molar-refractivity contribution is 0.212. The first-order valence-corrected chi connectivity index (χ1v) is 13.7. The van der Waals surface area contributed by atoms with Crippen LogP contribution in [0.4, 0.5) is 17.6 Å². The number of likely N-dealkylation sites (tertiary alicyclic amines) is 2. The lowest BCUT2D eigenvalue weighted by Gasteiger charge is -2.28. The number of H-pyrrole nitrogens is 1. The molecule has 0 atom stereocenters. The van der Waals surface area contributed by atoms with E-state index in [2.05, 4.69) is 64.6 Å². The summed E-state index contributed by atoms with van der Waals surface area (Å²) in [6.07, 6.45) is 14.4. The average molecular weight is 646 g/mol. The SMILES string of the molecule is Br.CN1CCC(N=CC(=CN)Nc2nccc(=O)[nH]2)CC1.COc1ccnc(Nc2cnn(C3CCN(C)CC3)c2)n1. The number of hydrogen-bond donors (Lipinski definition) is 4. The van der Waals surface area contributed by atoms with E-state index in [1.165, 1.54) is 18.5 Å². The van der Waals surface area contributed by atoms with Crippen LogP contribution in [0.15, 0.2) is 58.6 Å². The molecule has 2 saturated heterocycles. The third-order valence-corrected chi connectivity index (χ3v) is 6.98. The van der Waals surface area contributed by atoms with Crippen molar-refractivity contribution in [3.63, 3.8) is 0 Å². The predicted molar refractivity (Wildman–Crippen MR) is 170 cm³/mol. The van der Waals surface area contributed by atoms with E-state index in [1.807, 2.05) is 10.9 Å². The molecular formula is C27H41BrN12O2. The van der Waals surface area contributed by atoms with Crippen LogP contribution in [0.2, 0.25) is 0 Å². The molecule has 0 radical (unpaired) electrons. The molecular weight excluding hydrogens is 604 g/mol. The van der Waals surface area contributed by atoms with Crippen LogP contribution in [0.25, 0.3) is 0 Å². The van der Waals surface area contributed by atoms with Crippen LogP contribution in [0.5, 0.6) is 5.88 Å². The van der Waals surface area contributed by atoms with Gasteiger partial charge < -0.3 is 30.9 Å². The van der Waals surface area contributed by atoms with Gasteiger partial charge >= 0.3 is 0 Å². The zero-order chi connectivity index (χ0) is 29.0. The zero-order valence-corrected chi connectivity index (χ0v) is 26.0. The number of hydrogen-bond acceptors (Lipinski definition) is 12. The average Bonchev–Trinajstić information content (AvgIpc) is 3.45. The van der Waals surface area contributed by atoms with Gasteiger partial charge in [-0.05, 0) is 66.0 Å². The first kappa shape index (κ1) is 32.7. The molecule has 2 fully saturated rings.